The largest absolute Gasteiger partial charge is 0.457 e. The minimum Gasteiger partial charge on any atom is -0.457 e. The highest BCUT2D eigenvalue weighted by atomic mass is 19.1. The molecule has 4 aliphatic rings. The van der Waals surface area contributed by atoms with E-state index in [1.165, 1.54) is 6.08 Å². The third-order valence-corrected chi connectivity index (χ3v) is 9.78. The fourth-order valence-electron chi connectivity index (χ4n) is 7.91. The molecule has 1 N–H and O–H groups in total. The number of rotatable bonds is 6. The Morgan fingerprint density at radius 1 is 1.14 bits per heavy atom. The van der Waals surface area contributed by atoms with Crippen molar-refractivity contribution in [3.63, 3.8) is 0 Å². The number of allylic oxidation sites excluding steroid dienone is 4. The number of Topliss-reactive ketones (excluding diaryl/α,β-unsaturated/α-hetero) is 1. The average Bonchev–Trinajstić information content (AvgIpc) is 3.05. The number of fused-ring (bicyclic) bond motifs is 5. The van der Waals surface area contributed by atoms with Crippen molar-refractivity contribution in [2.24, 2.45) is 28.6 Å². The molecule has 36 heavy (non-hydrogen) atoms. The molecule has 2 saturated carbocycles. The van der Waals surface area contributed by atoms with Crippen molar-refractivity contribution in [3.05, 3.63) is 23.8 Å². The first-order valence-electron chi connectivity index (χ1n) is 13.0. The molecule has 0 spiro atoms. The smallest absolute Gasteiger partial charge is 0.306 e. The van der Waals surface area contributed by atoms with Crippen LogP contribution in [0.25, 0.3) is 0 Å². The fraction of sp³-hybridized carbons (Fsp3) is 0.714. The maximum absolute atomic E-state index is 17.4. The van der Waals surface area contributed by atoms with Crippen LogP contribution < -0.4 is 0 Å². The van der Waals surface area contributed by atoms with E-state index in [-0.39, 0.29) is 31.5 Å². The van der Waals surface area contributed by atoms with Crippen LogP contribution in [-0.4, -0.2) is 52.6 Å². The van der Waals surface area contributed by atoms with Gasteiger partial charge in [-0.05, 0) is 38.2 Å². The Morgan fingerprint density at radius 2 is 1.81 bits per heavy atom. The number of esters is 2. The summed E-state index contributed by atoms with van der Waals surface area (Å²) in [5, 5.41) is 11.5. The normalized spacial score (nSPS) is 43.1. The van der Waals surface area contributed by atoms with Crippen molar-refractivity contribution in [2.75, 3.05) is 6.61 Å². The summed E-state index contributed by atoms with van der Waals surface area (Å²) in [6.45, 7) is 8.04. The highest BCUT2D eigenvalue weighted by Crippen LogP contribution is 2.71. The molecule has 0 aromatic heterocycles. The number of carbonyl (C=O) groups is 4. The van der Waals surface area contributed by atoms with Crippen LogP contribution in [0.15, 0.2) is 23.8 Å². The molecule has 0 amide bonds. The summed E-state index contributed by atoms with van der Waals surface area (Å²) in [7, 11) is 0. The first-order chi connectivity index (χ1) is 16.8. The summed E-state index contributed by atoms with van der Waals surface area (Å²) in [6, 6.07) is 0. The number of hydrogen-bond acceptors (Lipinski definition) is 7. The zero-order valence-corrected chi connectivity index (χ0v) is 21.8. The van der Waals surface area contributed by atoms with E-state index in [0.717, 1.165) is 0 Å². The Labute approximate surface area is 211 Å². The van der Waals surface area contributed by atoms with Gasteiger partial charge in [-0.25, -0.2) is 4.39 Å². The Balaban J connectivity index is 1.81. The second-order valence-electron chi connectivity index (χ2n) is 11.4. The van der Waals surface area contributed by atoms with Gasteiger partial charge >= 0.3 is 11.9 Å². The van der Waals surface area contributed by atoms with Crippen LogP contribution in [-0.2, 0) is 28.7 Å². The lowest BCUT2D eigenvalue weighted by Gasteiger charge is -2.62. The molecule has 0 aliphatic heterocycles. The maximum Gasteiger partial charge on any atom is 0.306 e. The Bertz CT molecular complexity index is 1050. The van der Waals surface area contributed by atoms with Gasteiger partial charge < -0.3 is 14.6 Å². The molecule has 4 aliphatic carbocycles. The van der Waals surface area contributed by atoms with Gasteiger partial charge in [0.25, 0.3) is 0 Å². The van der Waals surface area contributed by atoms with E-state index in [0.29, 0.717) is 18.4 Å². The van der Waals surface area contributed by atoms with Crippen LogP contribution in [0.2, 0.25) is 0 Å². The highest BCUT2D eigenvalue weighted by Gasteiger charge is 2.77. The van der Waals surface area contributed by atoms with E-state index < -0.39 is 70.3 Å². The van der Waals surface area contributed by atoms with Gasteiger partial charge in [-0.1, -0.05) is 45.4 Å². The Kier molecular flexibility index (Phi) is 6.60. The topological polar surface area (TPSA) is 107 Å². The molecule has 1 unspecified atom stereocenters. The lowest BCUT2D eigenvalue weighted by Crippen LogP contribution is -2.69. The number of aliphatic hydroxyl groups excluding tert-OH is 1. The van der Waals surface area contributed by atoms with Crippen molar-refractivity contribution in [3.8, 4) is 0 Å². The second-order valence-corrected chi connectivity index (χ2v) is 11.4. The van der Waals surface area contributed by atoms with Crippen molar-refractivity contribution >= 4 is 23.5 Å². The molecular formula is C28H37FO7. The van der Waals surface area contributed by atoms with Crippen LogP contribution in [0.5, 0.6) is 0 Å². The molecule has 0 aromatic rings. The number of hydrogen-bond donors (Lipinski definition) is 1. The number of aliphatic hydroxyl groups is 1. The first kappa shape index (κ1) is 26.7. The van der Waals surface area contributed by atoms with Crippen LogP contribution in [0.4, 0.5) is 4.39 Å². The van der Waals surface area contributed by atoms with Crippen molar-refractivity contribution < 1.29 is 38.1 Å². The number of halogens is 1. The molecule has 0 heterocycles. The molecule has 198 valence electrons. The number of carbonyl (C=O) groups excluding carboxylic acids is 4. The van der Waals surface area contributed by atoms with Gasteiger partial charge in [0.05, 0.1) is 6.10 Å². The fourth-order valence-corrected chi connectivity index (χ4v) is 7.91. The van der Waals surface area contributed by atoms with Gasteiger partial charge in [-0.3, -0.25) is 19.2 Å². The van der Waals surface area contributed by atoms with E-state index in [1.54, 1.807) is 33.8 Å². The van der Waals surface area contributed by atoms with E-state index in [2.05, 4.69) is 0 Å². The average molecular weight is 505 g/mol. The van der Waals surface area contributed by atoms with Crippen molar-refractivity contribution in [2.45, 2.75) is 90.5 Å². The van der Waals surface area contributed by atoms with Crippen molar-refractivity contribution in [1.29, 1.82) is 0 Å². The van der Waals surface area contributed by atoms with Crippen LogP contribution in [0.3, 0.4) is 0 Å². The van der Waals surface area contributed by atoms with E-state index >= 15 is 4.39 Å². The molecule has 8 heteroatoms. The summed E-state index contributed by atoms with van der Waals surface area (Å²) in [5.41, 5.74) is -5.28. The van der Waals surface area contributed by atoms with E-state index in [1.807, 2.05) is 13.0 Å². The standard InChI is InChI=1S/C28H37FO7/c1-6-23(33)35-15-22(32)28(36-24(34)7-2)16(3)12-20-19-9-8-17-13-18(30)10-11-25(17,4)27(19,29)21(31)14-26(20,28)5/h8,10-11,16,19-21,31H,6-7,9,12-15H2,1-5H3/t16-,19+,20+,21+,25+,26+,27+,28?/m1/s1. The van der Waals surface area contributed by atoms with Gasteiger partial charge in [0.15, 0.2) is 23.7 Å². The molecule has 7 nitrogen and oxygen atoms in total. The zero-order valence-electron chi connectivity index (χ0n) is 21.8. The molecule has 0 aromatic carbocycles. The lowest BCUT2D eigenvalue weighted by molar-refractivity contribution is -0.225. The number of ether oxygens (including phenoxy) is 2. The molecule has 4 rings (SSSR count). The SMILES string of the molecule is CCC(=O)OCC(=O)C1(OC(=O)CC)[C@H](C)C[C@H]2[C@@H]3CC=C4CC(=O)C=C[C@]4(C)[C@@]3(F)[C@@H](O)C[C@@]21C. The third kappa shape index (κ3) is 3.39. The van der Waals surface area contributed by atoms with E-state index in [9.17, 15) is 24.3 Å². The Morgan fingerprint density at radius 3 is 2.44 bits per heavy atom. The lowest BCUT2D eigenvalue weighted by atomic mass is 9.45. The Hall–Kier alpha value is -2.35. The van der Waals surface area contributed by atoms with E-state index in [4.69, 9.17) is 9.47 Å². The number of alkyl halides is 1. The van der Waals surface area contributed by atoms with Gasteiger partial charge in [0.1, 0.15) is 0 Å². The maximum atomic E-state index is 17.4. The predicted molar refractivity (Wildman–Crippen MR) is 128 cm³/mol. The first-order valence-corrected chi connectivity index (χ1v) is 13.0. The van der Waals surface area contributed by atoms with Crippen molar-refractivity contribution in [1.82, 2.24) is 0 Å². The predicted octanol–water partition coefficient (Wildman–Crippen LogP) is 3.82. The molecule has 2 fully saturated rings. The summed E-state index contributed by atoms with van der Waals surface area (Å²) in [4.78, 5) is 50.3. The summed E-state index contributed by atoms with van der Waals surface area (Å²) in [6.07, 6.45) is 4.30. The number of ketones is 2. The zero-order chi connectivity index (χ0) is 26.7. The monoisotopic (exact) mass is 504 g/mol. The molecular weight excluding hydrogens is 467 g/mol. The summed E-state index contributed by atoms with van der Waals surface area (Å²) < 4.78 is 28.5. The van der Waals surface area contributed by atoms with Crippen LogP contribution >= 0.6 is 0 Å². The van der Waals surface area contributed by atoms with Crippen LogP contribution in [0, 0.1) is 28.6 Å². The van der Waals surface area contributed by atoms with Gasteiger partial charge in [-0.2, -0.15) is 0 Å². The molecule has 0 bridgehead atoms. The van der Waals surface area contributed by atoms with Crippen LogP contribution in [0.1, 0.15) is 73.1 Å². The molecule has 8 atom stereocenters. The quantitative estimate of drug-likeness (QED) is 0.433. The summed E-state index contributed by atoms with van der Waals surface area (Å²) >= 11 is 0. The van der Waals surface area contributed by atoms with Gasteiger partial charge in [0, 0.05) is 41.9 Å². The molecule has 0 saturated heterocycles. The molecule has 0 radical (unpaired) electrons. The minimum atomic E-state index is -2.05. The third-order valence-electron chi connectivity index (χ3n) is 9.78. The highest BCUT2D eigenvalue weighted by molar-refractivity contribution is 5.94. The minimum absolute atomic E-state index is 0.0409. The van der Waals surface area contributed by atoms with Gasteiger partial charge in [-0.15, -0.1) is 0 Å². The summed E-state index contributed by atoms with van der Waals surface area (Å²) in [5.74, 6) is -3.28. The van der Waals surface area contributed by atoms with Gasteiger partial charge in [0.2, 0.25) is 5.78 Å². The second kappa shape index (κ2) is 8.89.